The fourth-order valence-corrected chi connectivity index (χ4v) is 1.89. The van der Waals surface area contributed by atoms with Crippen LogP contribution >= 0.6 is 0 Å². The van der Waals surface area contributed by atoms with Crippen molar-refractivity contribution in [1.82, 2.24) is 9.38 Å². The lowest BCUT2D eigenvalue weighted by molar-refractivity contribution is -0.136. The highest BCUT2D eigenvalue weighted by molar-refractivity contribution is 6.16. The van der Waals surface area contributed by atoms with Crippen molar-refractivity contribution in [2.45, 2.75) is 6.92 Å². The van der Waals surface area contributed by atoms with Gasteiger partial charge in [-0.25, -0.2) is 9.78 Å². The van der Waals surface area contributed by atoms with Crippen LogP contribution in [-0.2, 0) is 9.53 Å². The molecule has 0 N–H and O–H groups in total. The fourth-order valence-electron chi connectivity index (χ4n) is 1.89. The van der Waals surface area contributed by atoms with E-state index in [1.165, 1.54) is 0 Å². The van der Waals surface area contributed by atoms with Crippen LogP contribution in [-0.4, -0.2) is 36.1 Å². The molecule has 0 aromatic carbocycles. The number of hydrogen-bond acceptors (Lipinski definition) is 4. The van der Waals surface area contributed by atoms with Gasteiger partial charge in [-0.05, 0) is 19.1 Å². The minimum absolute atomic E-state index is 0.309. The van der Waals surface area contributed by atoms with Crippen molar-refractivity contribution in [3.63, 3.8) is 0 Å². The molecule has 0 fully saturated rings. The Balaban J connectivity index is 2.59. The molecule has 5 nitrogen and oxygen atoms in total. The van der Waals surface area contributed by atoms with Crippen molar-refractivity contribution in [3.05, 3.63) is 36.7 Å². The largest absolute Gasteiger partial charge is 0.462 e. The third kappa shape index (κ3) is 2.31. The van der Waals surface area contributed by atoms with E-state index < -0.39 is 5.97 Å². The molecule has 19 heavy (non-hydrogen) atoms. The molecule has 0 aliphatic carbocycles. The number of carbonyl (C=O) groups excluding carboxylic acids is 1. The number of hydrogen-bond donors (Lipinski definition) is 0. The summed E-state index contributed by atoms with van der Waals surface area (Å²) in [4.78, 5) is 18.2. The number of anilines is 1. The van der Waals surface area contributed by atoms with E-state index in [1.54, 1.807) is 6.92 Å². The van der Waals surface area contributed by atoms with Gasteiger partial charge in [-0.2, -0.15) is 0 Å². The first-order chi connectivity index (χ1) is 9.06. The molecule has 0 spiro atoms. The zero-order valence-electron chi connectivity index (χ0n) is 11.4. The molecule has 0 radical (unpaired) electrons. The van der Waals surface area contributed by atoms with E-state index in [1.807, 2.05) is 47.8 Å². The molecular weight excluding hydrogens is 242 g/mol. The van der Waals surface area contributed by atoms with Gasteiger partial charge in [-0.15, -0.1) is 0 Å². The monoisotopic (exact) mass is 259 g/mol. The maximum Gasteiger partial charge on any atom is 0.339 e. The Morgan fingerprint density at radius 2 is 2.21 bits per heavy atom. The van der Waals surface area contributed by atoms with Crippen LogP contribution in [0.5, 0.6) is 0 Å². The van der Waals surface area contributed by atoms with Crippen LogP contribution in [0.15, 0.2) is 31.0 Å². The van der Waals surface area contributed by atoms with Crippen molar-refractivity contribution in [1.29, 1.82) is 0 Å². The summed E-state index contributed by atoms with van der Waals surface area (Å²) < 4.78 is 6.85. The number of ether oxygens (including phenoxy) is 1. The van der Waals surface area contributed by atoms with Crippen molar-refractivity contribution >= 4 is 23.0 Å². The molecule has 0 unspecified atom stereocenters. The maximum atomic E-state index is 11.9. The van der Waals surface area contributed by atoms with E-state index in [9.17, 15) is 4.79 Å². The fraction of sp³-hybridized carbons (Fsp3) is 0.286. The van der Waals surface area contributed by atoms with Gasteiger partial charge in [-0.3, -0.25) is 4.40 Å². The lowest BCUT2D eigenvalue weighted by Crippen LogP contribution is -2.14. The average molecular weight is 259 g/mol. The van der Waals surface area contributed by atoms with E-state index in [0.29, 0.717) is 23.7 Å². The highest BCUT2D eigenvalue weighted by atomic mass is 16.5. The summed E-state index contributed by atoms with van der Waals surface area (Å²) in [6.45, 7) is 5.94. The van der Waals surface area contributed by atoms with Crippen LogP contribution in [0.1, 0.15) is 12.6 Å². The number of fused-ring (bicyclic) bond motifs is 1. The second-order valence-corrected chi connectivity index (χ2v) is 4.31. The lowest BCUT2D eigenvalue weighted by atomic mass is 10.2. The number of pyridine rings is 1. The van der Waals surface area contributed by atoms with E-state index in [2.05, 4.69) is 11.6 Å². The Morgan fingerprint density at radius 3 is 2.84 bits per heavy atom. The molecule has 0 aliphatic rings. The van der Waals surface area contributed by atoms with Crippen LogP contribution in [0.2, 0.25) is 0 Å². The van der Waals surface area contributed by atoms with Gasteiger partial charge in [-0.1, -0.05) is 12.6 Å². The maximum absolute atomic E-state index is 11.9. The van der Waals surface area contributed by atoms with Gasteiger partial charge in [0.1, 0.15) is 11.3 Å². The quantitative estimate of drug-likeness (QED) is 0.622. The molecule has 0 atom stereocenters. The van der Waals surface area contributed by atoms with Crippen LogP contribution in [0.4, 0.5) is 5.82 Å². The smallest absolute Gasteiger partial charge is 0.339 e. The molecule has 0 aliphatic heterocycles. The molecule has 0 saturated heterocycles. The molecule has 0 saturated carbocycles. The summed E-state index contributed by atoms with van der Waals surface area (Å²) in [5, 5.41) is 0. The van der Waals surface area contributed by atoms with Crippen LogP contribution in [0.3, 0.4) is 0 Å². The molecule has 0 bridgehead atoms. The minimum Gasteiger partial charge on any atom is -0.462 e. The highest BCUT2D eigenvalue weighted by Crippen LogP contribution is 2.26. The van der Waals surface area contributed by atoms with Crippen molar-refractivity contribution in [2.24, 2.45) is 0 Å². The first-order valence-electron chi connectivity index (χ1n) is 6.07. The summed E-state index contributed by atoms with van der Waals surface area (Å²) in [6.07, 6.45) is 1.86. The van der Waals surface area contributed by atoms with Crippen molar-refractivity contribution in [3.8, 4) is 0 Å². The number of carbonyl (C=O) groups is 1. The van der Waals surface area contributed by atoms with Crippen LogP contribution in [0, 0.1) is 0 Å². The van der Waals surface area contributed by atoms with E-state index in [4.69, 9.17) is 4.74 Å². The minimum atomic E-state index is -0.420. The third-order valence-corrected chi connectivity index (χ3v) is 2.74. The first kappa shape index (κ1) is 13.1. The molecule has 2 heterocycles. The van der Waals surface area contributed by atoms with Gasteiger partial charge in [0, 0.05) is 20.3 Å². The predicted octanol–water partition coefficient (Wildman–Crippen LogP) is 1.98. The van der Waals surface area contributed by atoms with Crippen molar-refractivity contribution < 1.29 is 9.53 Å². The summed E-state index contributed by atoms with van der Waals surface area (Å²) in [7, 11) is 3.76. The Labute approximate surface area is 112 Å². The molecule has 2 aromatic heterocycles. The molecule has 0 amide bonds. The van der Waals surface area contributed by atoms with Gasteiger partial charge in [0.05, 0.1) is 12.2 Å². The summed E-state index contributed by atoms with van der Waals surface area (Å²) in [5.74, 6) is 0.278. The molecule has 2 aromatic rings. The number of esters is 1. The standard InChI is InChI=1S/C14H17N3O2/c1-5-19-14(18)10(2)12-13(16(3)4)15-11-8-6-7-9-17(11)12/h6-9H,2,5H2,1,3-4H3. The predicted molar refractivity (Wildman–Crippen MR) is 75.2 cm³/mol. The molecule has 100 valence electrons. The van der Waals surface area contributed by atoms with Gasteiger partial charge in [0.15, 0.2) is 5.82 Å². The topological polar surface area (TPSA) is 46.8 Å². The molecule has 5 heteroatoms. The van der Waals surface area contributed by atoms with E-state index in [-0.39, 0.29) is 0 Å². The van der Waals surface area contributed by atoms with Crippen LogP contribution in [0.25, 0.3) is 11.2 Å². The number of rotatable bonds is 4. The van der Waals surface area contributed by atoms with E-state index >= 15 is 0 Å². The highest BCUT2D eigenvalue weighted by Gasteiger charge is 2.21. The third-order valence-electron chi connectivity index (χ3n) is 2.74. The Hall–Kier alpha value is -2.30. The van der Waals surface area contributed by atoms with Gasteiger partial charge < -0.3 is 9.64 Å². The SMILES string of the molecule is C=C(C(=O)OCC)c1c(N(C)C)nc2ccccn12. The van der Waals surface area contributed by atoms with E-state index in [0.717, 1.165) is 5.65 Å². The Kier molecular flexibility index (Phi) is 3.55. The Bertz CT molecular complexity index is 629. The number of nitrogens with zero attached hydrogens (tertiary/aromatic N) is 3. The van der Waals surface area contributed by atoms with Gasteiger partial charge >= 0.3 is 5.97 Å². The second-order valence-electron chi connectivity index (χ2n) is 4.31. The molecular formula is C14H17N3O2. The van der Waals surface area contributed by atoms with Gasteiger partial charge in [0.2, 0.25) is 0 Å². The molecule has 2 rings (SSSR count). The average Bonchev–Trinajstić information content (AvgIpc) is 2.77. The zero-order valence-corrected chi connectivity index (χ0v) is 11.4. The summed E-state index contributed by atoms with van der Waals surface area (Å²) in [5.41, 5.74) is 1.75. The van der Waals surface area contributed by atoms with Crippen LogP contribution < -0.4 is 4.90 Å². The summed E-state index contributed by atoms with van der Waals surface area (Å²) in [6, 6.07) is 5.67. The number of imidazole rings is 1. The van der Waals surface area contributed by atoms with Crippen molar-refractivity contribution in [2.75, 3.05) is 25.6 Å². The normalized spacial score (nSPS) is 10.5. The second kappa shape index (κ2) is 5.14. The lowest BCUT2D eigenvalue weighted by Gasteiger charge is -2.13. The van der Waals surface area contributed by atoms with Gasteiger partial charge in [0.25, 0.3) is 0 Å². The summed E-state index contributed by atoms with van der Waals surface area (Å²) >= 11 is 0. The first-order valence-corrected chi connectivity index (χ1v) is 6.07. The Morgan fingerprint density at radius 1 is 1.47 bits per heavy atom. The zero-order chi connectivity index (χ0) is 14.0. The number of aromatic nitrogens is 2.